The fraction of sp³-hybridized carbons (Fsp3) is 1.00. The average molecular weight is 213 g/mol. The number of hydrogen-bond acceptors (Lipinski definition) is 3. The summed E-state index contributed by atoms with van der Waals surface area (Å²) in [4.78, 5) is 0. The molecule has 2 N–H and O–H groups in total. The van der Waals surface area contributed by atoms with Gasteiger partial charge in [-0.05, 0) is 32.6 Å². The highest BCUT2D eigenvalue weighted by Gasteiger charge is 2.33. The Hall–Kier alpha value is -0.120. The molecular weight excluding hydrogens is 190 g/mol. The molecule has 0 aliphatic heterocycles. The standard InChI is InChI=1S/C12H23NO2/c1-2-15-10-7-9(8-10)13-11-5-3-4-6-12(11)14/h9-14H,2-8H2,1H3/t9?,10?,11-,12-/m0/s1. The topological polar surface area (TPSA) is 41.5 Å². The van der Waals surface area contributed by atoms with E-state index in [1.807, 2.05) is 6.92 Å². The lowest BCUT2D eigenvalue weighted by Gasteiger charge is -2.40. The number of hydrogen-bond donors (Lipinski definition) is 2. The lowest BCUT2D eigenvalue weighted by Crippen LogP contribution is -2.53. The van der Waals surface area contributed by atoms with E-state index in [1.165, 1.54) is 12.8 Å². The second kappa shape index (κ2) is 5.28. The van der Waals surface area contributed by atoms with Gasteiger partial charge in [-0.3, -0.25) is 0 Å². The lowest BCUT2D eigenvalue weighted by atomic mass is 9.85. The van der Waals surface area contributed by atoms with Gasteiger partial charge in [0.05, 0.1) is 12.2 Å². The van der Waals surface area contributed by atoms with Gasteiger partial charge in [-0.15, -0.1) is 0 Å². The summed E-state index contributed by atoms with van der Waals surface area (Å²) in [5.41, 5.74) is 0. The third-order valence-corrected chi connectivity index (χ3v) is 3.68. The van der Waals surface area contributed by atoms with E-state index in [9.17, 15) is 5.11 Å². The fourth-order valence-electron chi connectivity index (χ4n) is 2.68. The number of nitrogens with one attached hydrogen (secondary N) is 1. The third kappa shape index (κ3) is 2.92. The van der Waals surface area contributed by atoms with Crippen LogP contribution >= 0.6 is 0 Å². The minimum atomic E-state index is -0.120. The average Bonchev–Trinajstić information content (AvgIpc) is 2.18. The molecule has 2 saturated carbocycles. The SMILES string of the molecule is CCOC1CC(N[C@H]2CCCC[C@@H]2O)C1. The molecule has 0 unspecified atom stereocenters. The van der Waals surface area contributed by atoms with Crippen molar-refractivity contribution in [1.29, 1.82) is 0 Å². The van der Waals surface area contributed by atoms with E-state index in [1.54, 1.807) is 0 Å². The summed E-state index contributed by atoms with van der Waals surface area (Å²) >= 11 is 0. The van der Waals surface area contributed by atoms with E-state index in [0.717, 1.165) is 32.3 Å². The third-order valence-electron chi connectivity index (χ3n) is 3.68. The van der Waals surface area contributed by atoms with E-state index in [0.29, 0.717) is 18.2 Å². The van der Waals surface area contributed by atoms with Crippen molar-refractivity contribution in [1.82, 2.24) is 5.32 Å². The summed E-state index contributed by atoms with van der Waals surface area (Å²) in [7, 11) is 0. The predicted molar refractivity (Wildman–Crippen MR) is 59.8 cm³/mol. The van der Waals surface area contributed by atoms with Crippen molar-refractivity contribution in [2.75, 3.05) is 6.61 Å². The maximum Gasteiger partial charge on any atom is 0.0693 e. The van der Waals surface area contributed by atoms with Gasteiger partial charge in [0, 0.05) is 18.7 Å². The monoisotopic (exact) mass is 213 g/mol. The largest absolute Gasteiger partial charge is 0.392 e. The zero-order valence-corrected chi connectivity index (χ0v) is 9.61. The number of ether oxygens (including phenoxy) is 1. The highest BCUT2D eigenvalue weighted by atomic mass is 16.5. The van der Waals surface area contributed by atoms with Crippen molar-refractivity contribution in [3.8, 4) is 0 Å². The summed E-state index contributed by atoms with van der Waals surface area (Å²) in [5, 5.41) is 13.4. The van der Waals surface area contributed by atoms with E-state index < -0.39 is 0 Å². The molecule has 0 aromatic rings. The fourth-order valence-corrected chi connectivity index (χ4v) is 2.68. The first-order valence-electron chi connectivity index (χ1n) is 6.35. The van der Waals surface area contributed by atoms with Crippen LogP contribution in [-0.4, -0.2) is 36.0 Å². The molecule has 2 aliphatic rings. The van der Waals surface area contributed by atoms with Gasteiger partial charge in [0.15, 0.2) is 0 Å². The molecule has 88 valence electrons. The molecule has 0 heterocycles. The molecular formula is C12H23NO2. The molecule has 2 aliphatic carbocycles. The number of rotatable bonds is 4. The van der Waals surface area contributed by atoms with Crippen LogP contribution in [0.3, 0.4) is 0 Å². The Labute approximate surface area is 92.2 Å². The first-order chi connectivity index (χ1) is 7.29. The molecule has 3 heteroatoms. The minimum Gasteiger partial charge on any atom is -0.392 e. The van der Waals surface area contributed by atoms with Gasteiger partial charge in [0.2, 0.25) is 0 Å². The second-order valence-corrected chi connectivity index (χ2v) is 4.87. The Morgan fingerprint density at radius 2 is 2.00 bits per heavy atom. The maximum atomic E-state index is 9.81. The summed E-state index contributed by atoms with van der Waals surface area (Å²) < 4.78 is 5.52. The van der Waals surface area contributed by atoms with Crippen LogP contribution < -0.4 is 5.32 Å². The quantitative estimate of drug-likeness (QED) is 0.742. The van der Waals surface area contributed by atoms with Gasteiger partial charge in [0.1, 0.15) is 0 Å². The van der Waals surface area contributed by atoms with Gasteiger partial charge >= 0.3 is 0 Å². The Morgan fingerprint density at radius 1 is 1.27 bits per heavy atom. The van der Waals surface area contributed by atoms with Gasteiger partial charge in [-0.1, -0.05) is 12.8 Å². The van der Waals surface area contributed by atoms with Crippen LogP contribution in [-0.2, 0) is 4.74 Å². The summed E-state index contributed by atoms with van der Waals surface area (Å²) in [5.74, 6) is 0. The van der Waals surface area contributed by atoms with Gasteiger partial charge in [0.25, 0.3) is 0 Å². The van der Waals surface area contributed by atoms with Crippen molar-refractivity contribution in [2.24, 2.45) is 0 Å². The number of aliphatic hydroxyl groups is 1. The zero-order chi connectivity index (χ0) is 10.7. The summed E-state index contributed by atoms with van der Waals surface area (Å²) in [6, 6.07) is 0.922. The highest BCUT2D eigenvalue weighted by Crippen LogP contribution is 2.26. The molecule has 0 bridgehead atoms. The van der Waals surface area contributed by atoms with E-state index in [4.69, 9.17) is 4.74 Å². The molecule has 0 aromatic carbocycles. The molecule has 0 radical (unpaired) electrons. The highest BCUT2D eigenvalue weighted by molar-refractivity contribution is 4.91. The minimum absolute atomic E-state index is 0.120. The van der Waals surface area contributed by atoms with Crippen LogP contribution in [0.15, 0.2) is 0 Å². The van der Waals surface area contributed by atoms with Crippen molar-refractivity contribution in [3.63, 3.8) is 0 Å². The zero-order valence-electron chi connectivity index (χ0n) is 9.61. The van der Waals surface area contributed by atoms with Crippen LogP contribution in [0.1, 0.15) is 45.4 Å². The maximum absolute atomic E-state index is 9.81. The molecule has 0 aromatic heterocycles. The van der Waals surface area contributed by atoms with Crippen LogP contribution in [0.25, 0.3) is 0 Å². The molecule has 0 spiro atoms. The first kappa shape index (κ1) is 11.4. The molecule has 15 heavy (non-hydrogen) atoms. The first-order valence-corrected chi connectivity index (χ1v) is 6.35. The second-order valence-electron chi connectivity index (χ2n) is 4.87. The van der Waals surface area contributed by atoms with Crippen molar-refractivity contribution < 1.29 is 9.84 Å². The van der Waals surface area contributed by atoms with E-state index in [2.05, 4.69) is 5.32 Å². The van der Waals surface area contributed by atoms with Gasteiger partial charge < -0.3 is 15.2 Å². The van der Waals surface area contributed by atoms with E-state index in [-0.39, 0.29) is 6.10 Å². The Balaban J connectivity index is 1.65. The van der Waals surface area contributed by atoms with Crippen LogP contribution in [0, 0.1) is 0 Å². The molecule has 3 nitrogen and oxygen atoms in total. The molecule has 0 saturated heterocycles. The molecule has 2 rings (SSSR count). The molecule has 2 fully saturated rings. The van der Waals surface area contributed by atoms with Gasteiger partial charge in [-0.25, -0.2) is 0 Å². The Morgan fingerprint density at radius 3 is 2.67 bits per heavy atom. The molecule has 0 amide bonds. The van der Waals surface area contributed by atoms with Crippen LogP contribution in [0.2, 0.25) is 0 Å². The summed E-state index contributed by atoms with van der Waals surface area (Å²) in [6.07, 6.45) is 7.14. The Bertz CT molecular complexity index is 192. The van der Waals surface area contributed by atoms with E-state index >= 15 is 0 Å². The Kier molecular flexibility index (Phi) is 4.00. The predicted octanol–water partition coefficient (Wildman–Crippen LogP) is 1.45. The van der Waals surface area contributed by atoms with Crippen LogP contribution in [0.4, 0.5) is 0 Å². The van der Waals surface area contributed by atoms with Crippen molar-refractivity contribution in [2.45, 2.75) is 69.7 Å². The number of aliphatic hydroxyl groups excluding tert-OH is 1. The normalized spacial score (nSPS) is 41.2. The molecule has 2 atom stereocenters. The van der Waals surface area contributed by atoms with Crippen LogP contribution in [0.5, 0.6) is 0 Å². The lowest BCUT2D eigenvalue weighted by molar-refractivity contribution is -0.0208. The smallest absolute Gasteiger partial charge is 0.0693 e. The summed E-state index contributed by atoms with van der Waals surface area (Å²) in [6.45, 7) is 2.87. The van der Waals surface area contributed by atoms with Crippen molar-refractivity contribution in [3.05, 3.63) is 0 Å². The van der Waals surface area contributed by atoms with Crippen molar-refractivity contribution >= 4 is 0 Å². The van der Waals surface area contributed by atoms with Gasteiger partial charge in [-0.2, -0.15) is 0 Å².